The molecule has 6 heteroatoms. The van der Waals surface area contributed by atoms with E-state index in [2.05, 4.69) is 18.7 Å². The molecule has 124 valence electrons. The standard InChI is InChI=1S/C16H27N3O3/c1-14(2)19-5-3-4-15(19)16(21)18(8-11-20)7-6-17-9-12-22-13-10-17/h3-5,14,20H,6-13H2,1-2H3. The number of aliphatic hydroxyl groups is 1. The van der Waals surface area contributed by atoms with Crippen LogP contribution in [0.1, 0.15) is 30.4 Å². The molecule has 1 saturated heterocycles. The van der Waals surface area contributed by atoms with Gasteiger partial charge in [-0.2, -0.15) is 0 Å². The first-order valence-electron chi connectivity index (χ1n) is 8.00. The number of hydrogen-bond acceptors (Lipinski definition) is 4. The zero-order valence-electron chi connectivity index (χ0n) is 13.6. The molecule has 1 aliphatic rings. The molecule has 0 aromatic carbocycles. The van der Waals surface area contributed by atoms with Crippen LogP contribution in [0.2, 0.25) is 0 Å². The van der Waals surface area contributed by atoms with Crippen LogP contribution >= 0.6 is 0 Å². The van der Waals surface area contributed by atoms with Crippen LogP contribution in [-0.2, 0) is 4.74 Å². The van der Waals surface area contributed by atoms with Crippen LogP contribution in [0, 0.1) is 0 Å². The second-order valence-corrected chi connectivity index (χ2v) is 5.86. The molecule has 0 spiro atoms. The van der Waals surface area contributed by atoms with E-state index >= 15 is 0 Å². The lowest BCUT2D eigenvalue weighted by Gasteiger charge is -2.30. The monoisotopic (exact) mass is 309 g/mol. The lowest BCUT2D eigenvalue weighted by Crippen LogP contribution is -2.44. The fourth-order valence-corrected chi connectivity index (χ4v) is 2.71. The van der Waals surface area contributed by atoms with Gasteiger partial charge in [0.2, 0.25) is 0 Å². The Labute approximate surface area is 132 Å². The topological polar surface area (TPSA) is 57.9 Å². The van der Waals surface area contributed by atoms with Gasteiger partial charge >= 0.3 is 0 Å². The van der Waals surface area contributed by atoms with Crippen molar-refractivity contribution in [1.29, 1.82) is 0 Å². The van der Waals surface area contributed by atoms with Crippen molar-refractivity contribution in [1.82, 2.24) is 14.4 Å². The molecule has 2 heterocycles. The van der Waals surface area contributed by atoms with Crippen molar-refractivity contribution in [2.45, 2.75) is 19.9 Å². The van der Waals surface area contributed by atoms with Crippen molar-refractivity contribution >= 4 is 5.91 Å². The Morgan fingerprint density at radius 3 is 2.73 bits per heavy atom. The Hall–Kier alpha value is -1.37. The summed E-state index contributed by atoms with van der Waals surface area (Å²) in [6.45, 7) is 9.23. The number of carbonyl (C=O) groups excluding carboxylic acids is 1. The zero-order valence-corrected chi connectivity index (χ0v) is 13.6. The maximum Gasteiger partial charge on any atom is 0.270 e. The lowest BCUT2D eigenvalue weighted by atomic mass is 10.3. The Bertz CT molecular complexity index is 467. The summed E-state index contributed by atoms with van der Waals surface area (Å²) in [4.78, 5) is 16.8. The summed E-state index contributed by atoms with van der Waals surface area (Å²) in [5.74, 6) is -0.0130. The van der Waals surface area contributed by atoms with Gasteiger partial charge in [-0.05, 0) is 26.0 Å². The second-order valence-electron chi connectivity index (χ2n) is 5.86. The van der Waals surface area contributed by atoms with Crippen LogP contribution < -0.4 is 0 Å². The van der Waals surface area contributed by atoms with Gasteiger partial charge in [0.1, 0.15) is 5.69 Å². The number of amides is 1. The largest absolute Gasteiger partial charge is 0.395 e. The molecular formula is C16H27N3O3. The molecule has 22 heavy (non-hydrogen) atoms. The lowest BCUT2D eigenvalue weighted by molar-refractivity contribution is 0.0313. The van der Waals surface area contributed by atoms with Crippen LogP contribution in [0.3, 0.4) is 0 Å². The first-order valence-corrected chi connectivity index (χ1v) is 8.00. The average molecular weight is 309 g/mol. The van der Waals surface area contributed by atoms with Crippen molar-refractivity contribution in [3.8, 4) is 0 Å². The molecule has 2 rings (SSSR count). The van der Waals surface area contributed by atoms with Crippen LogP contribution in [0.4, 0.5) is 0 Å². The molecule has 0 unspecified atom stereocenters. The van der Waals surface area contributed by atoms with Crippen LogP contribution in [-0.4, -0.2) is 77.9 Å². The smallest absolute Gasteiger partial charge is 0.270 e. The van der Waals surface area contributed by atoms with E-state index < -0.39 is 0 Å². The summed E-state index contributed by atoms with van der Waals surface area (Å²) in [6, 6.07) is 3.98. The molecule has 1 aromatic heterocycles. The minimum atomic E-state index is -0.0166. The van der Waals surface area contributed by atoms with Crippen molar-refractivity contribution in [2.24, 2.45) is 0 Å². The Balaban J connectivity index is 1.99. The molecule has 1 N–H and O–H groups in total. The summed E-state index contributed by atoms with van der Waals surface area (Å²) >= 11 is 0. The molecule has 1 aromatic rings. The number of nitrogens with zero attached hydrogens (tertiary/aromatic N) is 3. The third-order valence-electron chi connectivity index (χ3n) is 4.00. The van der Waals surface area contributed by atoms with E-state index in [9.17, 15) is 9.90 Å². The van der Waals surface area contributed by atoms with Gasteiger partial charge in [0.25, 0.3) is 5.91 Å². The first-order chi connectivity index (χ1) is 10.6. The molecule has 0 atom stereocenters. The highest BCUT2D eigenvalue weighted by Crippen LogP contribution is 2.13. The van der Waals surface area contributed by atoms with E-state index in [-0.39, 0.29) is 18.6 Å². The minimum Gasteiger partial charge on any atom is -0.395 e. The maximum absolute atomic E-state index is 12.7. The SMILES string of the molecule is CC(C)n1cccc1C(=O)N(CCO)CCN1CCOCC1. The summed E-state index contributed by atoms with van der Waals surface area (Å²) in [5.41, 5.74) is 0.686. The maximum atomic E-state index is 12.7. The summed E-state index contributed by atoms with van der Waals surface area (Å²) in [5, 5.41) is 9.26. The van der Waals surface area contributed by atoms with E-state index in [0.29, 0.717) is 18.8 Å². The van der Waals surface area contributed by atoms with E-state index in [4.69, 9.17) is 4.74 Å². The Morgan fingerprint density at radius 2 is 2.09 bits per heavy atom. The zero-order chi connectivity index (χ0) is 15.9. The highest BCUT2D eigenvalue weighted by atomic mass is 16.5. The van der Waals surface area contributed by atoms with Gasteiger partial charge in [0, 0.05) is 45.0 Å². The number of morpholine rings is 1. The number of carbonyl (C=O) groups is 1. The van der Waals surface area contributed by atoms with Gasteiger partial charge in [-0.25, -0.2) is 0 Å². The van der Waals surface area contributed by atoms with Crippen molar-refractivity contribution < 1.29 is 14.6 Å². The highest BCUT2D eigenvalue weighted by molar-refractivity contribution is 5.92. The highest BCUT2D eigenvalue weighted by Gasteiger charge is 2.20. The predicted octanol–water partition coefficient (Wildman–Crippen LogP) is 0.836. The molecular weight excluding hydrogens is 282 g/mol. The minimum absolute atomic E-state index is 0.0130. The van der Waals surface area contributed by atoms with Gasteiger partial charge < -0.3 is 19.3 Å². The predicted molar refractivity (Wildman–Crippen MR) is 85.1 cm³/mol. The first kappa shape index (κ1) is 17.0. The quantitative estimate of drug-likeness (QED) is 0.811. The van der Waals surface area contributed by atoms with Gasteiger partial charge in [0.05, 0.1) is 19.8 Å². The number of rotatable bonds is 7. The van der Waals surface area contributed by atoms with E-state index in [1.54, 1.807) is 4.90 Å². The van der Waals surface area contributed by atoms with Crippen LogP contribution in [0.25, 0.3) is 0 Å². The molecule has 0 aliphatic carbocycles. The molecule has 1 amide bonds. The van der Waals surface area contributed by atoms with Crippen molar-refractivity contribution in [2.75, 3.05) is 52.5 Å². The fourth-order valence-electron chi connectivity index (χ4n) is 2.71. The summed E-state index contributed by atoms with van der Waals surface area (Å²) in [7, 11) is 0. The Morgan fingerprint density at radius 1 is 1.36 bits per heavy atom. The Kier molecular flexibility index (Phi) is 6.42. The summed E-state index contributed by atoms with van der Waals surface area (Å²) in [6.07, 6.45) is 1.93. The third kappa shape index (κ3) is 4.32. The number of hydrogen-bond donors (Lipinski definition) is 1. The van der Waals surface area contributed by atoms with E-state index in [1.165, 1.54) is 0 Å². The van der Waals surface area contributed by atoms with Crippen molar-refractivity contribution in [3.63, 3.8) is 0 Å². The second kappa shape index (κ2) is 8.31. The molecule has 1 fully saturated rings. The molecule has 0 radical (unpaired) electrons. The average Bonchev–Trinajstić information content (AvgIpc) is 3.01. The molecule has 1 aliphatic heterocycles. The van der Waals surface area contributed by atoms with Crippen LogP contribution in [0.15, 0.2) is 18.3 Å². The number of aliphatic hydroxyl groups excluding tert-OH is 1. The van der Waals surface area contributed by atoms with Gasteiger partial charge in [0.15, 0.2) is 0 Å². The van der Waals surface area contributed by atoms with Crippen LogP contribution in [0.5, 0.6) is 0 Å². The molecule has 6 nitrogen and oxygen atoms in total. The van der Waals surface area contributed by atoms with Crippen molar-refractivity contribution in [3.05, 3.63) is 24.0 Å². The van der Waals surface area contributed by atoms with Gasteiger partial charge in [-0.15, -0.1) is 0 Å². The fraction of sp³-hybridized carbons (Fsp3) is 0.688. The van der Waals surface area contributed by atoms with Gasteiger partial charge in [-0.3, -0.25) is 9.69 Å². The number of aromatic nitrogens is 1. The third-order valence-corrected chi connectivity index (χ3v) is 4.00. The van der Waals surface area contributed by atoms with E-state index in [0.717, 1.165) is 32.8 Å². The molecule has 0 bridgehead atoms. The summed E-state index contributed by atoms with van der Waals surface area (Å²) < 4.78 is 7.31. The van der Waals surface area contributed by atoms with Gasteiger partial charge in [-0.1, -0.05) is 0 Å². The number of ether oxygens (including phenoxy) is 1. The molecule has 0 saturated carbocycles. The van der Waals surface area contributed by atoms with E-state index in [1.807, 2.05) is 22.9 Å². The normalized spacial score (nSPS) is 16.2.